The minimum atomic E-state index is -0.221. The molecule has 0 amide bonds. The highest BCUT2D eigenvalue weighted by atomic mass is 32.2. The number of aromatic nitrogens is 4. The van der Waals surface area contributed by atoms with Crippen LogP contribution in [0.4, 0.5) is 5.82 Å². The Bertz CT molecular complexity index is 547. The van der Waals surface area contributed by atoms with E-state index in [0.29, 0.717) is 16.7 Å². The molecule has 0 aliphatic heterocycles. The molecule has 2 rings (SSSR count). The Morgan fingerprint density at radius 2 is 2.44 bits per heavy atom. The Kier molecular flexibility index (Phi) is 2.95. The van der Waals surface area contributed by atoms with Gasteiger partial charge in [0.05, 0.1) is 0 Å². The third-order valence-corrected chi connectivity index (χ3v) is 3.20. The van der Waals surface area contributed by atoms with Gasteiger partial charge in [-0.15, -0.1) is 5.10 Å². The molecule has 0 saturated carbocycles. The van der Waals surface area contributed by atoms with E-state index in [1.807, 2.05) is 12.1 Å². The molecule has 7 heteroatoms. The van der Waals surface area contributed by atoms with Crippen LogP contribution in [0.15, 0.2) is 28.3 Å². The van der Waals surface area contributed by atoms with Gasteiger partial charge in [0.2, 0.25) is 0 Å². The van der Waals surface area contributed by atoms with Gasteiger partial charge in [-0.1, -0.05) is 17.8 Å². The molecule has 3 N–H and O–H groups in total. The van der Waals surface area contributed by atoms with Crippen LogP contribution in [0.5, 0.6) is 0 Å². The van der Waals surface area contributed by atoms with Gasteiger partial charge in [0.25, 0.3) is 0 Å². The quantitative estimate of drug-likeness (QED) is 0.753. The van der Waals surface area contributed by atoms with Crippen LogP contribution in [0.2, 0.25) is 0 Å². The van der Waals surface area contributed by atoms with Gasteiger partial charge in [-0.25, -0.2) is 14.9 Å². The third kappa shape index (κ3) is 2.08. The summed E-state index contributed by atoms with van der Waals surface area (Å²) < 4.78 is 1.46. The average Bonchev–Trinajstić information content (AvgIpc) is 2.59. The largest absolute Gasteiger partial charge is 0.383 e. The first-order valence-electron chi connectivity index (χ1n) is 4.62. The Balaban J connectivity index is 2.11. The minimum Gasteiger partial charge on any atom is -0.383 e. The van der Waals surface area contributed by atoms with Gasteiger partial charge in [0.1, 0.15) is 5.82 Å². The van der Waals surface area contributed by atoms with E-state index in [4.69, 9.17) is 5.73 Å². The van der Waals surface area contributed by atoms with Crippen LogP contribution in [0.25, 0.3) is 0 Å². The summed E-state index contributed by atoms with van der Waals surface area (Å²) in [5.74, 6) is 1.15. The molecule has 16 heavy (non-hydrogen) atoms. The number of pyridine rings is 1. The van der Waals surface area contributed by atoms with Crippen LogP contribution in [-0.2, 0) is 12.8 Å². The molecule has 0 radical (unpaired) electrons. The number of hydrogen-bond acceptors (Lipinski definition) is 5. The van der Waals surface area contributed by atoms with Gasteiger partial charge in [0.15, 0.2) is 5.16 Å². The zero-order chi connectivity index (χ0) is 11.5. The molecule has 6 nitrogen and oxygen atoms in total. The standard InChI is InChI=1S/C9H11N5OS/c1-14-8(15)12-13-9(14)16-5-6-3-2-4-11-7(6)10/h2-4H,5H2,1H3,(H2,10,11)(H,12,15). The number of nitrogens with one attached hydrogen (secondary N) is 1. The number of hydrogen-bond donors (Lipinski definition) is 2. The molecule has 0 atom stereocenters. The van der Waals surface area contributed by atoms with E-state index in [2.05, 4.69) is 15.2 Å². The molecular weight excluding hydrogens is 226 g/mol. The van der Waals surface area contributed by atoms with Crippen molar-refractivity contribution in [1.29, 1.82) is 0 Å². The van der Waals surface area contributed by atoms with Gasteiger partial charge >= 0.3 is 5.69 Å². The van der Waals surface area contributed by atoms with Crippen molar-refractivity contribution in [3.63, 3.8) is 0 Å². The highest BCUT2D eigenvalue weighted by Gasteiger charge is 2.06. The molecule has 0 bridgehead atoms. The SMILES string of the molecule is Cn1c(SCc2cccnc2N)n[nH]c1=O. The summed E-state index contributed by atoms with van der Waals surface area (Å²) in [6.45, 7) is 0. The molecule has 0 fully saturated rings. The Morgan fingerprint density at radius 3 is 3.06 bits per heavy atom. The van der Waals surface area contributed by atoms with E-state index in [1.165, 1.54) is 16.3 Å². The second-order valence-corrected chi connectivity index (χ2v) is 4.15. The molecule has 0 unspecified atom stereocenters. The monoisotopic (exact) mass is 237 g/mol. The lowest BCUT2D eigenvalue weighted by molar-refractivity contribution is 0.766. The molecule has 2 aromatic heterocycles. The third-order valence-electron chi connectivity index (χ3n) is 2.12. The normalized spacial score (nSPS) is 10.6. The van der Waals surface area contributed by atoms with Gasteiger partial charge in [-0.2, -0.15) is 0 Å². The van der Waals surface area contributed by atoms with Gasteiger partial charge < -0.3 is 5.73 Å². The smallest absolute Gasteiger partial charge is 0.343 e. The summed E-state index contributed by atoms with van der Waals surface area (Å²) in [6.07, 6.45) is 1.65. The number of nitrogens with zero attached hydrogens (tertiary/aromatic N) is 3. The first-order valence-corrected chi connectivity index (χ1v) is 5.60. The maximum atomic E-state index is 11.1. The van der Waals surface area contributed by atoms with Crippen molar-refractivity contribution in [2.24, 2.45) is 7.05 Å². The number of thioether (sulfide) groups is 1. The number of nitrogen functional groups attached to an aromatic ring is 1. The Morgan fingerprint density at radius 1 is 1.62 bits per heavy atom. The lowest BCUT2D eigenvalue weighted by Crippen LogP contribution is -2.12. The van der Waals surface area contributed by atoms with E-state index >= 15 is 0 Å². The predicted molar refractivity (Wildman–Crippen MR) is 62.0 cm³/mol. The van der Waals surface area contributed by atoms with Gasteiger partial charge in [-0.3, -0.25) is 4.57 Å². The zero-order valence-corrected chi connectivity index (χ0v) is 9.49. The van der Waals surface area contributed by atoms with E-state index in [0.717, 1.165) is 5.56 Å². The number of nitrogens with two attached hydrogens (primary N) is 1. The van der Waals surface area contributed by atoms with E-state index < -0.39 is 0 Å². The molecule has 2 aromatic rings. The summed E-state index contributed by atoms with van der Waals surface area (Å²) in [6, 6.07) is 3.73. The molecular formula is C9H11N5OS. The van der Waals surface area contributed by atoms with E-state index in [9.17, 15) is 4.79 Å². The number of H-pyrrole nitrogens is 1. The van der Waals surface area contributed by atoms with Crippen LogP contribution in [-0.4, -0.2) is 19.7 Å². The number of rotatable bonds is 3. The first-order chi connectivity index (χ1) is 7.68. The molecule has 0 aromatic carbocycles. The van der Waals surface area contributed by atoms with Crippen LogP contribution in [0.1, 0.15) is 5.56 Å². The molecule has 0 aliphatic carbocycles. The minimum absolute atomic E-state index is 0.221. The van der Waals surface area contributed by atoms with Crippen LogP contribution in [0, 0.1) is 0 Å². The van der Waals surface area contributed by atoms with Crippen molar-refractivity contribution in [1.82, 2.24) is 19.7 Å². The highest BCUT2D eigenvalue weighted by molar-refractivity contribution is 7.98. The maximum Gasteiger partial charge on any atom is 0.343 e. The fourth-order valence-corrected chi connectivity index (χ4v) is 2.09. The summed E-state index contributed by atoms with van der Waals surface area (Å²) in [5, 5.41) is 6.90. The number of anilines is 1. The van der Waals surface area contributed by atoms with Gasteiger partial charge in [-0.05, 0) is 6.07 Å². The fourth-order valence-electron chi connectivity index (χ4n) is 1.18. The molecule has 0 aliphatic rings. The van der Waals surface area contributed by atoms with Crippen LogP contribution >= 0.6 is 11.8 Å². The van der Waals surface area contributed by atoms with E-state index in [-0.39, 0.29) is 5.69 Å². The van der Waals surface area contributed by atoms with E-state index in [1.54, 1.807) is 13.2 Å². The zero-order valence-electron chi connectivity index (χ0n) is 8.67. The maximum absolute atomic E-state index is 11.1. The average molecular weight is 237 g/mol. The Hall–Kier alpha value is -1.76. The van der Waals surface area contributed by atoms with Crippen molar-refractivity contribution < 1.29 is 0 Å². The molecule has 0 spiro atoms. The van der Waals surface area contributed by atoms with Crippen LogP contribution < -0.4 is 11.4 Å². The lowest BCUT2D eigenvalue weighted by Gasteiger charge is -2.02. The topological polar surface area (TPSA) is 89.6 Å². The second kappa shape index (κ2) is 4.40. The predicted octanol–water partition coefficient (Wildman–Crippen LogP) is 0.378. The fraction of sp³-hybridized carbons (Fsp3) is 0.222. The summed E-state index contributed by atoms with van der Waals surface area (Å²) in [4.78, 5) is 15.1. The summed E-state index contributed by atoms with van der Waals surface area (Å²) >= 11 is 1.44. The molecule has 0 saturated heterocycles. The lowest BCUT2D eigenvalue weighted by atomic mass is 10.3. The molecule has 84 valence electrons. The molecule has 2 heterocycles. The van der Waals surface area contributed by atoms with Gasteiger partial charge in [0, 0.05) is 24.6 Å². The second-order valence-electron chi connectivity index (χ2n) is 3.21. The highest BCUT2D eigenvalue weighted by Crippen LogP contribution is 2.21. The van der Waals surface area contributed by atoms with Crippen molar-refractivity contribution in [3.8, 4) is 0 Å². The van der Waals surface area contributed by atoms with Crippen molar-refractivity contribution >= 4 is 17.6 Å². The van der Waals surface area contributed by atoms with Crippen LogP contribution in [0.3, 0.4) is 0 Å². The summed E-state index contributed by atoms with van der Waals surface area (Å²) in [5.41, 5.74) is 6.42. The summed E-state index contributed by atoms with van der Waals surface area (Å²) in [7, 11) is 1.67. The Labute approximate surface area is 95.9 Å². The van der Waals surface area contributed by atoms with Crippen molar-refractivity contribution in [2.45, 2.75) is 10.9 Å². The number of aromatic amines is 1. The first kappa shape index (κ1) is 10.7. The van der Waals surface area contributed by atoms with Crippen molar-refractivity contribution in [3.05, 3.63) is 34.4 Å². The van der Waals surface area contributed by atoms with Crippen molar-refractivity contribution in [2.75, 3.05) is 5.73 Å².